The van der Waals surface area contributed by atoms with Crippen molar-refractivity contribution in [2.45, 2.75) is 33.0 Å². The zero-order valence-electron chi connectivity index (χ0n) is 17.0. The van der Waals surface area contributed by atoms with E-state index in [0.717, 1.165) is 16.6 Å². The van der Waals surface area contributed by atoms with Crippen molar-refractivity contribution in [3.63, 3.8) is 0 Å². The van der Waals surface area contributed by atoms with Crippen LogP contribution in [0.3, 0.4) is 0 Å². The third-order valence-electron chi connectivity index (χ3n) is 4.75. The zero-order chi connectivity index (χ0) is 20.9. The van der Waals surface area contributed by atoms with E-state index >= 15 is 0 Å². The Bertz CT molecular complexity index is 1130. The fraction of sp³-hybridized carbons (Fsp3) is 0.208. The van der Waals surface area contributed by atoms with Gasteiger partial charge in [-0.1, -0.05) is 24.3 Å². The van der Waals surface area contributed by atoms with Crippen LogP contribution in [0.5, 0.6) is 5.75 Å². The summed E-state index contributed by atoms with van der Waals surface area (Å²) in [5, 5.41) is 0. The summed E-state index contributed by atoms with van der Waals surface area (Å²) in [6.07, 6.45) is 2.77. The molecule has 0 saturated carbocycles. The first-order valence-corrected chi connectivity index (χ1v) is 9.84. The van der Waals surface area contributed by atoms with Crippen LogP contribution in [0.15, 0.2) is 77.5 Å². The summed E-state index contributed by atoms with van der Waals surface area (Å²) < 4.78 is 11.7. The van der Waals surface area contributed by atoms with Crippen LogP contribution >= 0.6 is 0 Å². The van der Waals surface area contributed by atoms with Crippen LogP contribution in [-0.2, 0) is 17.9 Å². The first kappa shape index (κ1) is 19.6. The van der Waals surface area contributed by atoms with Crippen molar-refractivity contribution >= 4 is 17.0 Å². The summed E-state index contributed by atoms with van der Waals surface area (Å²) in [6.45, 7) is 4.42. The molecule has 152 valence electrons. The summed E-state index contributed by atoms with van der Waals surface area (Å²) in [7, 11) is 0. The molecule has 0 radical (unpaired) electrons. The van der Waals surface area contributed by atoms with Gasteiger partial charge >= 0.3 is 0 Å². The highest BCUT2D eigenvalue weighted by Crippen LogP contribution is 2.20. The van der Waals surface area contributed by atoms with E-state index in [-0.39, 0.29) is 12.5 Å². The largest absolute Gasteiger partial charge is 0.481 e. The van der Waals surface area contributed by atoms with Gasteiger partial charge in [0, 0.05) is 18.9 Å². The van der Waals surface area contributed by atoms with Gasteiger partial charge in [-0.25, -0.2) is 4.98 Å². The monoisotopic (exact) mass is 401 g/mol. The molecule has 0 aliphatic heterocycles. The molecule has 4 rings (SSSR count). The Morgan fingerprint density at radius 3 is 2.60 bits per heavy atom. The minimum absolute atomic E-state index is 0.144. The molecule has 2 aromatic carbocycles. The number of ether oxygens (including phenoxy) is 1. The summed E-state index contributed by atoms with van der Waals surface area (Å²) in [4.78, 5) is 23.6. The molecule has 2 heterocycles. The second-order valence-corrected chi connectivity index (χ2v) is 7.20. The lowest BCUT2D eigenvalue weighted by Crippen LogP contribution is -2.39. The average Bonchev–Trinajstić information content (AvgIpc) is 3.15. The van der Waals surface area contributed by atoms with E-state index in [1.54, 1.807) is 24.2 Å². The molecule has 6 nitrogen and oxygen atoms in total. The topological polar surface area (TPSA) is 68.5 Å². The number of pyridine rings is 1. The third-order valence-corrected chi connectivity index (χ3v) is 4.75. The van der Waals surface area contributed by atoms with Gasteiger partial charge in [-0.05, 0) is 61.4 Å². The standard InChI is InChI=1S/C24H23N3O3/c1-17-8-9-22-21(14-17)26-23(30-22)16-27(15-19-10-12-25-13-11-19)24(28)18(2)29-20-6-4-3-5-7-20/h3-14,18H,15-16H2,1-2H3. The number of hydrogen-bond acceptors (Lipinski definition) is 5. The number of carbonyl (C=O) groups excluding carboxylic acids is 1. The molecule has 1 amide bonds. The van der Waals surface area contributed by atoms with Crippen LogP contribution in [0.25, 0.3) is 11.1 Å². The minimum atomic E-state index is -0.652. The Balaban J connectivity index is 1.57. The summed E-state index contributed by atoms with van der Waals surface area (Å²) >= 11 is 0. The second-order valence-electron chi connectivity index (χ2n) is 7.20. The number of aromatic nitrogens is 2. The maximum Gasteiger partial charge on any atom is 0.264 e. The molecular weight excluding hydrogens is 378 g/mol. The number of hydrogen-bond donors (Lipinski definition) is 0. The molecular formula is C24H23N3O3. The number of amides is 1. The van der Waals surface area contributed by atoms with E-state index in [1.807, 2.05) is 67.6 Å². The average molecular weight is 401 g/mol. The highest BCUT2D eigenvalue weighted by Gasteiger charge is 2.24. The quantitative estimate of drug-likeness (QED) is 0.455. The number of aryl methyl sites for hydroxylation is 1. The number of fused-ring (bicyclic) bond motifs is 1. The van der Waals surface area contributed by atoms with Gasteiger partial charge in [0.2, 0.25) is 5.89 Å². The molecule has 0 bridgehead atoms. The summed E-state index contributed by atoms with van der Waals surface area (Å²) in [5.74, 6) is 0.999. The number of rotatable bonds is 7. The maximum atomic E-state index is 13.2. The van der Waals surface area contributed by atoms with Gasteiger partial charge in [-0.15, -0.1) is 0 Å². The fourth-order valence-corrected chi connectivity index (χ4v) is 3.25. The van der Waals surface area contributed by atoms with Crippen LogP contribution in [0.4, 0.5) is 0 Å². The van der Waals surface area contributed by atoms with E-state index in [0.29, 0.717) is 23.8 Å². The van der Waals surface area contributed by atoms with E-state index in [4.69, 9.17) is 9.15 Å². The summed E-state index contributed by atoms with van der Waals surface area (Å²) in [6, 6.07) is 19.0. The van der Waals surface area contributed by atoms with Gasteiger partial charge in [-0.3, -0.25) is 9.78 Å². The molecule has 0 spiro atoms. The van der Waals surface area contributed by atoms with E-state index in [9.17, 15) is 4.79 Å². The third kappa shape index (κ3) is 4.66. The van der Waals surface area contributed by atoms with Crippen LogP contribution in [0.2, 0.25) is 0 Å². The van der Waals surface area contributed by atoms with Crippen LogP contribution < -0.4 is 4.74 Å². The smallest absolute Gasteiger partial charge is 0.264 e. The van der Waals surface area contributed by atoms with Crippen molar-refractivity contribution in [1.82, 2.24) is 14.9 Å². The van der Waals surface area contributed by atoms with Crippen molar-refractivity contribution < 1.29 is 13.9 Å². The van der Waals surface area contributed by atoms with Crippen LogP contribution in [0.1, 0.15) is 23.9 Å². The molecule has 1 atom stereocenters. The Morgan fingerprint density at radius 1 is 1.07 bits per heavy atom. The van der Waals surface area contributed by atoms with Crippen molar-refractivity contribution in [3.8, 4) is 5.75 Å². The summed E-state index contributed by atoms with van der Waals surface area (Å²) in [5.41, 5.74) is 3.57. The molecule has 1 unspecified atom stereocenters. The Hall–Kier alpha value is -3.67. The minimum Gasteiger partial charge on any atom is -0.481 e. The van der Waals surface area contributed by atoms with Gasteiger partial charge in [0.25, 0.3) is 5.91 Å². The highest BCUT2D eigenvalue weighted by atomic mass is 16.5. The molecule has 0 aliphatic carbocycles. The highest BCUT2D eigenvalue weighted by molar-refractivity contribution is 5.81. The van der Waals surface area contributed by atoms with E-state index in [2.05, 4.69) is 9.97 Å². The number of benzene rings is 2. The van der Waals surface area contributed by atoms with Crippen molar-refractivity contribution in [1.29, 1.82) is 0 Å². The molecule has 6 heteroatoms. The van der Waals surface area contributed by atoms with Crippen molar-refractivity contribution in [2.24, 2.45) is 0 Å². The first-order valence-electron chi connectivity index (χ1n) is 9.84. The van der Waals surface area contributed by atoms with Gasteiger partial charge in [-0.2, -0.15) is 0 Å². The fourth-order valence-electron chi connectivity index (χ4n) is 3.25. The molecule has 30 heavy (non-hydrogen) atoms. The SMILES string of the molecule is Cc1ccc2oc(CN(Cc3ccncc3)C(=O)C(C)Oc3ccccc3)nc2c1. The molecule has 4 aromatic rings. The molecule has 0 aliphatic rings. The van der Waals surface area contributed by atoms with Gasteiger partial charge < -0.3 is 14.1 Å². The van der Waals surface area contributed by atoms with Gasteiger partial charge in [0.1, 0.15) is 11.3 Å². The molecule has 2 aromatic heterocycles. The van der Waals surface area contributed by atoms with E-state index in [1.165, 1.54) is 0 Å². The number of carbonyl (C=O) groups is 1. The normalized spacial score (nSPS) is 11.9. The Kier molecular flexibility index (Phi) is 5.75. The molecule has 0 N–H and O–H groups in total. The number of para-hydroxylation sites is 1. The van der Waals surface area contributed by atoms with Crippen LogP contribution in [0, 0.1) is 6.92 Å². The van der Waals surface area contributed by atoms with Crippen LogP contribution in [-0.4, -0.2) is 26.9 Å². The van der Waals surface area contributed by atoms with Gasteiger partial charge in [0.05, 0.1) is 6.54 Å². The lowest BCUT2D eigenvalue weighted by molar-refractivity contribution is -0.139. The lowest BCUT2D eigenvalue weighted by atomic mass is 10.2. The van der Waals surface area contributed by atoms with Crippen molar-refractivity contribution in [3.05, 3.63) is 90.1 Å². The van der Waals surface area contributed by atoms with E-state index < -0.39 is 6.10 Å². The first-order chi connectivity index (χ1) is 14.6. The predicted octanol–water partition coefficient (Wildman–Crippen LogP) is 4.53. The Labute approximate surface area is 175 Å². The number of oxazole rings is 1. The predicted molar refractivity (Wildman–Crippen MR) is 114 cm³/mol. The Morgan fingerprint density at radius 2 is 1.83 bits per heavy atom. The van der Waals surface area contributed by atoms with Gasteiger partial charge in [0.15, 0.2) is 11.7 Å². The van der Waals surface area contributed by atoms with Crippen molar-refractivity contribution in [2.75, 3.05) is 0 Å². The second kappa shape index (κ2) is 8.78. The zero-order valence-corrected chi connectivity index (χ0v) is 17.0. The number of nitrogens with zero attached hydrogens (tertiary/aromatic N) is 3. The maximum absolute atomic E-state index is 13.2. The molecule has 0 fully saturated rings. The molecule has 0 saturated heterocycles. The lowest BCUT2D eigenvalue weighted by Gasteiger charge is -2.25.